The number of ketones is 1. The summed E-state index contributed by atoms with van der Waals surface area (Å²) in [6, 6.07) is 7.59. The second-order valence-electron chi connectivity index (χ2n) is 4.34. The van der Waals surface area contributed by atoms with Gasteiger partial charge in [-0.3, -0.25) is 4.79 Å². The number of hydrogen-bond donors (Lipinski definition) is 1. The number of aryl methyl sites for hydroxylation is 1. The van der Waals surface area contributed by atoms with Gasteiger partial charge in [-0.05, 0) is 24.0 Å². The number of carbonyl (C=O) groups excluding carboxylic acids is 1. The summed E-state index contributed by atoms with van der Waals surface area (Å²) >= 11 is 0. The van der Waals surface area contributed by atoms with E-state index in [-0.39, 0.29) is 17.7 Å². The van der Waals surface area contributed by atoms with Gasteiger partial charge < -0.3 is 5.73 Å². The molecule has 2 nitrogen and oxygen atoms in total. The van der Waals surface area contributed by atoms with Gasteiger partial charge in [-0.1, -0.05) is 38.1 Å². The molecule has 15 heavy (non-hydrogen) atoms. The summed E-state index contributed by atoms with van der Waals surface area (Å²) in [5.74, 6) is 0.334. The standard InChI is InChI=1S/C13H19NO/c1-9(2)13(14)12(15)8-11-7-5-4-6-10(11)3/h4-7,9,13H,8,14H2,1-3H3. The van der Waals surface area contributed by atoms with Gasteiger partial charge in [0.2, 0.25) is 0 Å². The molecular weight excluding hydrogens is 186 g/mol. The van der Waals surface area contributed by atoms with Crippen molar-refractivity contribution < 1.29 is 4.79 Å². The average molecular weight is 205 g/mol. The highest BCUT2D eigenvalue weighted by Gasteiger charge is 2.17. The molecule has 0 spiro atoms. The van der Waals surface area contributed by atoms with Crippen molar-refractivity contribution >= 4 is 5.78 Å². The number of carbonyl (C=O) groups is 1. The average Bonchev–Trinajstić information content (AvgIpc) is 2.20. The van der Waals surface area contributed by atoms with Gasteiger partial charge in [0.1, 0.15) is 0 Å². The summed E-state index contributed by atoms with van der Waals surface area (Å²) in [5, 5.41) is 0. The van der Waals surface area contributed by atoms with Crippen molar-refractivity contribution in [3.63, 3.8) is 0 Å². The van der Waals surface area contributed by atoms with Crippen LogP contribution in [-0.4, -0.2) is 11.8 Å². The lowest BCUT2D eigenvalue weighted by atomic mass is 9.94. The molecule has 1 unspecified atom stereocenters. The third kappa shape index (κ3) is 3.17. The summed E-state index contributed by atoms with van der Waals surface area (Å²) in [6.07, 6.45) is 0.450. The van der Waals surface area contributed by atoms with E-state index in [1.54, 1.807) is 0 Å². The second-order valence-corrected chi connectivity index (χ2v) is 4.34. The molecule has 2 heteroatoms. The molecule has 1 aromatic carbocycles. The Bertz CT molecular complexity index is 344. The highest BCUT2D eigenvalue weighted by molar-refractivity contribution is 5.86. The lowest BCUT2D eigenvalue weighted by molar-refractivity contribution is -0.120. The topological polar surface area (TPSA) is 43.1 Å². The Morgan fingerprint density at radius 2 is 1.93 bits per heavy atom. The van der Waals surface area contributed by atoms with E-state index in [0.29, 0.717) is 6.42 Å². The maximum atomic E-state index is 11.8. The molecule has 0 bridgehead atoms. The van der Waals surface area contributed by atoms with Gasteiger partial charge in [-0.25, -0.2) is 0 Å². The molecule has 1 rings (SSSR count). The van der Waals surface area contributed by atoms with Crippen LogP contribution in [-0.2, 0) is 11.2 Å². The van der Waals surface area contributed by atoms with Crippen LogP contribution in [0.3, 0.4) is 0 Å². The van der Waals surface area contributed by atoms with E-state index >= 15 is 0 Å². The molecule has 0 aromatic heterocycles. The summed E-state index contributed by atoms with van der Waals surface area (Å²) in [5.41, 5.74) is 8.04. The lowest BCUT2D eigenvalue weighted by Gasteiger charge is -2.14. The normalized spacial score (nSPS) is 12.9. The van der Waals surface area contributed by atoms with Crippen molar-refractivity contribution in [3.8, 4) is 0 Å². The minimum atomic E-state index is -0.343. The lowest BCUT2D eigenvalue weighted by Crippen LogP contribution is -2.36. The Kier molecular flexibility index (Phi) is 4.04. The first-order valence-corrected chi connectivity index (χ1v) is 5.35. The largest absolute Gasteiger partial charge is 0.321 e. The van der Waals surface area contributed by atoms with Gasteiger partial charge in [0.25, 0.3) is 0 Å². The second kappa shape index (κ2) is 5.08. The first kappa shape index (κ1) is 11.9. The fourth-order valence-electron chi connectivity index (χ4n) is 1.49. The van der Waals surface area contributed by atoms with Crippen LogP contribution in [0.15, 0.2) is 24.3 Å². The van der Waals surface area contributed by atoms with Crippen molar-refractivity contribution in [2.75, 3.05) is 0 Å². The first-order valence-electron chi connectivity index (χ1n) is 5.35. The van der Waals surface area contributed by atoms with Crippen LogP contribution in [0.4, 0.5) is 0 Å². The molecule has 1 aromatic rings. The summed E-state index contributed by atoms with van der Waals surface area (Å²) in [7, 11) is 0. The summed E-state index contributed by atoms with van der Waals surface area (Å²) < 4.78 is 0. The molecule has 0 aliphatic carbocycles. The SMILES string of the molecule is Cc1ccccc1CC(=O)C(N)C(C)C. The minimum absolute atomic E-state index is 0.124. The highest BCUT2D eigenvalue weighted by atomic mass is 16.1. The molecule has 1 atom stereocenters. The Hall–Kier alpha value is -1.15. The van der Waals surface area contributed by atoms with Crippen LogP contribution in [0.1, 0.15) is 25.0 Å². The van der Waals surface area contributed by atoms with Crippen LogP contribution in [0.25, 0.3) is 0 Å². The zero-order valence-corrected chi connectivity index (χ0v) is 9.66. The molecule has 0 heterocycles. The molecule has 0 aliphatic rings. The van der Waals surface area contributed by atoms with Gasteiger partial charge in [0.05, 0.1) is 6.04 Å². The van der Waals surface area contributed by atoms with Crippen molar-refractivity contribution in [2.24, 2.45) is 11.7 Å². The minimum Gasteiger partial charge on any atom is -0.321 e. The van der Waals surface area contributed by atoms with E-state index in [2.05, 4.69) is 0 Å². The van der Waals surface area contributed by atoms with Crippen LogP contribution < -0.4 is 5.73 Å². The predicted molar refractivity (Wildman–Crippen MR) is 62.7 cm³/mol. The Balaban J connectivity index is 2.71. The highest BCUT2D eigenvalue weighted by Crippen LogP contribution is 2.10. The fourth-order valence-corrected chi connectivity index (χ4v) is 1.49. The molecule has 0 saturated heterocycles. The van der Waals surface area contributed by atoms with Gasteiger partial charge >= 0.3 is 0 Å². The third-order valence-corrected chi connectivity index (χ3v) is 2.72. The Morgan fingerprint density at radius 3 is 2.47 bits per heavy atom. The third-order valence-electron chi connectivity index (χ3n) is 2.72. The summed E-state index contributed by atoms with van der Waals surface area (Å²) in [6.45, 7) is 5.96. The zero-order chi connectivity index (χ0) is 11.4. The van der Waals surface area contributed by atoms with Crippen molar-refractivity contribution in [1.82, 2.24) is 0 Å². The molecule has 2 N–H and O–H groups in total. The van der Waals surface area contributed by atoms with Crippen LogP contribution in [0.5, 0.6) is 0 Å². The molecule has 82 valence electrons. The van der Waals surface area contributed by atoms with E-state index in [1.165, 1.54) is 0 Å². The number of Topliss-reactive ketones (excluding diaryl/α,β-unsaturated/α-hetero) is 1. The number of benzene rings is 1. The Labute approximate surface area is 91.5 Å². The number of rotatable bonds is 4. The fraction of sp³-hybridized carbons (Fsp3) is 0.462. The van der Waals surface area contributed by atoms with Crippen LogP contribution >= 0.6 is 0 Å². The molecule has 0 radical (unpaired) electrons. The molecule has 0 aliphatic heterocycles. The van der Waals surface area contributed by atoms with Crippen molar-refractivity contribution in [2.45, 2.75) is 33.2 Å². The van der Waals surface area contributed by atoms with Gasteiger partial charge in [0, 0.05) is 6.42 Å². The monoisotopic (exact) mass is 205 g/mol. The smallest absolute Gasteiger partial charge is 0.154 e. The Morgan fingerprint density at radius 1 is 1.33 bits per heavy atom. The van der Waals surface area contributed by atoms with Crippen molar-refractivity contribution in [3.05, 3.63) is 35.4 Å². The maximum Gasteiger partial charge on any atom is 0.154 e. The first-order chi connectivity index (χ1) is 7.02. The molecule has 0 amide bonds. The van der Waals surface area contributed by atoms with Gasteiger partial charge in [0.15, 0.2) is 5.78 Å². The van der Waals surface area contributed by atoms with Gasteiger partial charge in [-0.15, -0.1) is 0 Å². The van der Waals surface area contributed by atoms with Crippen LogP contribution in [0.2, 0.25) is 0 Å². The maximum absolute atomic E-state index is 11.8. The predicted octanol–water partition coefficient (Wildman–Crippen LogP) is 2.09. The number of hydrogen-bond acceptors (Lipinski definition) is 2. The zero-order valence-electron chi connectivity index (χ0n) is 9.66. The van der Waals surface area contributed by atoms with E-state index in [9.17, 15) is 4.79 Å². The van der Waals surface area contributed by atoms with Gasteiger partial charge in [-0.2, -0.15) is 0 Å². The van der Waals surface area contributed by atoms with Crippen molar-refractivity contribution in [1.29, 1.82) is 0 Å². The quantitative estimate of drug-likeness (QED) is 0.818. The summed E-state index contributed by atoms with van der Waals surface area (Å²) in [4.78, 5) is 11.8. The molecular formula is C13H19NO. The van der Waals surface area contributed by atoms with E-state index < -0.39 is 0 Å². The molecule has 0 saturated carbocycles. The van der Waals surface area contributed by atoms with Crippen LogP contribution in [0, 0.1) is 12.8 Å². The van der Waals surface area contributed by atoms with E-state index in [4.69, 9.17) is 5.73 Å². The molecule has 0 fully saturated rings. The number of nitrogens with two attached hydrogens (primary N) is 1. The van der Waals surface area contributed by atoms with E-state index in [1.807, 2.05) is 45.0 Å². The van der Waals surface area contributed by atoms with E-state index in [0.717, 1.165) is 11.1 Å².